The molecule has 0 radical (unpaired) electrons. The van der Waals surface area contributed by atoms with Crippen molar-refractivity contribution >= 4 is 33.1 Å². The first kappa shape index (κ1) is 21.6. The van der Waals surface area contributed by atoms with E-state index in [1.807, 2.05) is 0 Å². The lowest BCUT2D eigenvalue weighted by molar-refractivity contribution is -0.122. The number of carbonyl (C=O) groups excluding carboxylic acids is 3. The summed E-state index contributed by atoms with van der Waals surface area (Å²) in [7, 11) is -3.34. The van der Waals surface area contributed by atoms with Crippen LogP contribution in [0.15, 0.2) is 36.5 Å². The van der Waals surface area contributed by atoms with Gasteiger partial charge in [-0.3, -0.25) is 14.4 Å². The summed E-state index contributed by atoms with van der Waals surface area (Å²) in [5.41, 5.74) is 2.13. The Morgan fingerprint density at radius 1 is 1.15 bits per heavy atom. The smallest absolute Gasteiger partial charge is 0.268 e. The maximum atomic E-state index is 13.0. The van der Waals surface area contributed by atoms with Crippen molar-refractivity contribution in [2.45, 2.75) is 31.9 Å². The Kier molecular flexibility index (Phi) is 5.19. The van der Waals surface area contributed by atoms with Crippen LogP contribution in [0.25, 0.3) is 0 Å². The molecule has 2 fully saturated rings. The van der Waals surface area contributed by atoms with Crippen molar-refractivity contribution in [3.63, 3.8) is 0 Å². The summed E-state index contributed by atoms with van der Waals surface area (Å²) in [4.78, 5) is 44.7. The summed E-state index contributed by atoms with van der Waals surface area (Å²) in [6.45, 7) is 0.655. The quantitative estimate of drug-likeness (QED) is 0.568. The molecule has 2 amide bonds. The molecule has 9 nitrogen and oxygen atoms in total. The van der Waals surface area contributed by atoms with E-state index >= 15 is 0 Å². The predicted octanol–water partition coefficient (Wildman–Crippen LogP) is 1.82. The molecular weight excluding hydrogens is 446 g/mol. The minimum absolute atomic E-state index is 0.0472. The first-order valence-electron chi connectivity index (χ1n) is 10.8. The van der Waals surface area contributed by atoms with Crippen LogP contribution < -0.4 is 9.64 Å². The Hall–Kier alpha value is -3.27. The van der Waals surface area contributed by atoms with E-state index in [1.54, 1.807) is 35.2 Å². The van der Waals surface area contributed by atoms with Crippen LogP contribution in [0.4, 0.5) is 5.69 Å². The number of ether oxygens (including phenoxy) is 1. The fraction of sp³-hybridized carbons (Fsp3) is 0.391. The number of pyridine rings is 1. The summed E-state index contributed by atoms with van der Waals surface area (Å²) >= 11 is 0. The number of carbonyl (C=O) groups is 3. The van der Waals surface area contributed by atoms with Gasteiger partial charge in [0.1, 0.15) is 17.3 Å². The molecule has 2 aromatic rings. The lowest BCUT2D eigenvalue weighted by Gasteiger charge is -2.18. The highest BCUT2D eigenvalue weighted by molar-refractivity contribution is 7.90. The number of Topliss-reactive ketones (excluding diaryl/α,β-unsaturated/α-hetero) is 1. The van der Waals surface area contributed by atoms with Crippen LogP contribution in [0.3, 0.4) is 0 Å². The third kappa shape index (κ3) is 4.35. The van der Waals surface area contributed by atoms with Gasteiger partial charge in [0.2, 0.25) is 0 Å². The zero-order valence-corrected chi connectivity index (χ0v) is 18.9. The third-order valence-corrected chi connectivity index (χ3v) is 6.83. The first-order chi connectivity index (χ1) is 15.7. The molecule has 0 N–H and O–H groups in total. The van der Waals surface area contributed by atoms with Crippen LogP contribution in [0, 0.1) is 5.92 Å². The van der Waals surface area contributed by atoms with E-state index in [-0.39, 0.29) is 35.9 Å². The van der Waals surface area contributed by atoms with Gasteiger partial charge in [-0.05, 0) is 42.7 Å². The number of fused-ring (bicyclic) bond motifs is 1. The van der Waals surface area contributed by atoms with E-state index in [1.165, 1.54) is 11.1 Å². The zero-order chi connectivity index (χ0) is 23.3. The highest BCUT2D eigenvalue weighted by Crippen LogP contribution is 2.33. The minimum Gasteiger partial charge on any atom is -0.479 e. The molecule has 3 aliphatic rings. The minimum atomic E-state index is -3.34. The van der Waals surface area contributed by atoms with Gasteiger partial charge in [-0.2, -0.15) is 0 Å². The van der Waals surface area contributed by atoms with Crippen molar-refractivity contribution in [3.05, 3.63) is 53.3 Å². The third-order valence-electron chi connectivity index (χ3n) is 6.05. The summed E-state index contributed by atoms with van der Waals surface area (Å²) in [5.74, 6) is -0.371. The molecule has 10 heteroatoms. The highest BCUT2D eigenvalue weighted by Gasteiger charge is 2.36. The SMILES string of the molecule is CS(=O)(=O)CN1Cc2ccc(N3CC[C@@H](Oc4ccc(C(=O)C5CC5)nc4)C3=O)cc2C1=O. The van der Waals surface area contributed by atoms with E-state index < -0.39 is 15.9 Å². The fourth-order valence-corrected chi connectivity index (χ4v) is 5.01. The van der Waals surface area contributed by atoms with Crippen LogP contribution >= 0.6 is 0 Å². The Bertz CT molecular complexity index is 1250. The van der Waals surface area contributed by atoms with Gasteiger partial charge in [0, 0.05) is 42.9 Å². The molecule has 0 spiro atoms. The Morgan fingerprint density at radius 3 is 2.61 bits per heavy atom. The number of hydrogen-bond acceptors (Lipinski definition) is 7. The first-order valence-corrected chi connectivity index (χ1v) is 12.8. The van der Waals surface area contributed by atoms with Gasteiger partial charge in [0.25, 0.3) is 11.8 Å². The van der Waals surface area contributed by atoms with Gasteiger partial charge in [-0.15, -0.1) is 0 Å². The van der Waals surface area contributed by atoms with Crippen molar-refractivity contribution < 1.29 is 27.5 Å². The van der Waals surface area contributed by atoms with Crippen molar-refractivity contribution in [1.82, 2.24) is 9.88 Å². The molecule has 3 heterocycles. The predicted molar refractivity (Wildman–Crippen MR) is 119 cm³/mol. The van der Waals surface area contributed by atoms with E-state index in [2.05, 4.69) is 4.98 Å². The molecule has 1 saturated heterocycles. The molecule has 172 valence electrons. The maximum Gasteiger partial charge on any atom is 0.268 e. The molecule has 5 rings (SSSR count). The molecule has 2 aliphatic heterocycles. The number of ketones is 1. The number of aromatic nitrogens is 1. The lowest BCUT2D eigenvalue weighted by atomic mass is 10.1. The van der Waals surface area contributed by atoms with E-state index in [9.17, 15) is 22.8 Å². The number of rotatable bonds is 7. The summed E-state index contributed by atoms with van der Waals surface area (Å²) in [6, 6.07) is 8.44. The van der Waals surface area contributed by atoms with Gasteiger partial charge in [0.05, 0.1) is 6.20 Å². The van der Waals surface area contributed by atoms with Gasteiger partial charge in [-0.25, -0.2) is 13.4 Å². The molecule has 1 aromatic carbocycles. The molecule has 1 aromatic heterocycles. The van der Waals surface area contributed by atoms with Crippen LogP contribution in [0.5, 0.6) is 5.75 Å². The van der Waals surface area contributed by atoms with Crippen LogP contribution in [-0.4, -0.2) is 60.7 Å². The highest BCUT2D eigenvalue weighted by atomic mass is 32.2. The fourth-order valence-electron chi connectivity index (χ4n) is 4.24. The number of benzene rings is 1. The second-order valence-electron chi connectivity index (χ2n) is 8.80. The average Bonchev–Trinajstić information content (AvgIpc) is 3.51. The van der Waals surface area contributed by atoms with Gasteiger partial charge < -0.3 is 14.5 Å². The zero-order valence-electron chi connectivity index (χ0n) is 18.1. The number of anilines is 1. The molecule has 33 heavy (non-hydrogen) atoms. The van der Waals surface area contributed by atoms with Crippen molar-refractivity contribution in [3.8, 4) is 5.75 Å². The largest absolute Gasteiger partial charge is 0.479 e. The topological polar surface area (TPSA) is 114 Å². The summed E-state index contributed by atoms with van der Waals surface area (Å²) in [6.07, 6.45) is 4.15. The van der Waals surface area contributed by atoms with Crippen molar-refractivity contribution in [2.75, 3.05) is 23.6 Å². The number of amides is 2. The number of hydrogen-bond donors (Lipinski definition) is 0. The standard InChI is InChI=1S/C23H23N3O6S/c1-33(30,31)13-25-12-15-4-5-16(10-18(15)22(25)28)26-9-8-20(23(26)29)32-17-6-7-19(24-11-17)21(27)14-2-3-14/h4-7,10-11,14,20H,2-3,8-9,12-13H2,1H3/t20-/m1/s1. The summed E-state index contributed by atoms with van der Waals surface area (Å²) in [5, 5.41) is 0. The van der Waals surface area contributed by atoms with E-state index in [0.29, 0.717) is 35.7 Å². The van der Waals surface area contributed by atoms with Gasteiger partial charge in [-0.1, -0.05) is 6.07 Å². The lowest BCUT2D eigenvalue weighted by Crippen LogP contribution is -2.32. The van der Waals surface area contributed by atoms with Crippen LogP contribution in [0.2, 0.25) is 0 Å². The van der Waals surface area contributed by atoms with E-state index in [4.69, 9.17) is 4.74 Å². The van der Waals surface area contributed by atoms with Crippen molar-refractivity contribution in [2.24, 2.45) is 5.92 Å². The maximum absolute atomic E-state index is 13.0. The van der Waals surface area contributed by atoms with E-state index in [0.717, 1.165) is 24.7 Å². The second-order valence-corrected chi connectivity index (χ2v) is 10.9. The molecule has 1 atom stereocenters. The van der Waals surface area contributed by atoms with Crippen LogP contribution in [0.1, 0.15) is 45.7 Å². The Labute approximate surface area is 191 Å². The average molecular weight is 470 g/mol. The normalized spacial score (nSPS) is 20.3. The second kappa shape index (κ2) is 7.95. The monoisotopic (exact) mass is 469 g/mol. The molecule has 0 unspecified atom stereocenters. The Balaban J connectivity index is 1.26. The molecular formula is C23H23N3O6S. The number of sulfone groups is 1. The molecule has 0 bridgehead atoms. The molecule has 1 aliphatic carbocycles. The van der Waals surface area contributed by atoms with Crippen LogP contribution in [-0.2, 0) is 21.2 Å². The van der Waals surface area contributed by atoms with Gasteiger partial charge >= 0.3 is 0 Å². The Morgan fingerprint density at radius 2 is 1.94 bits per heavy atom. The van der Waals surface area contributed by atoms with Gasteiger partial charge in [0.15, 0.2) is 21.7 Å². The summed E-state index contributed by atoms with van der Waals surface area (Å²) < 4.78 is 29.0. The number of nitrogens with zero attached hydrogens (tertiary/aromatic N) is 3. The van der Waals surface area contributed by atoms with Crippen molar-refractivity contribution in [1.29, 1.82) is 0 Å². The molecule has 1 saturated carbocycles.